The summed E-state index contributed by atoms with van der Waals surface area (Å²) in [7, 11) is 0. The topological polar surface area (TPSA) is 144 Å². The zero-order chi connectivity index (χ0) is 29.6. The first-order valence-electron chi connectivity index (χ1n) is 12.9. The number of ether oxygens (including phenoxy) is 2. The molecule has 1 unspecified atom stereocenters. The molecular formula is C29H28N4O7S. The van der Waals surface area contributed by atoms with Crippen LogP contribution in [0.4, 0.5) is 5.13 Å². The Morgan fingerprint density at radius 2 is 1.85 bits per heavy atom. The molecule has 1 fully saturated rings. The van der Waals surface area contributed by atoms with Gasteiger partial charge >= 0.3 is 11.9 Å². The molecule has 1 aromatic carbocycles. The molecule has 1 aliphatic rings. The number of hydrogen-bond acceptors (Lipinski definition) is 10. The first-order valence-corrected chi connectivity index (χ1v) is 13.8. The smallest absolute Gasteiger partial charge is 0.350 e. The van der Waals surface area contributed by atoms with Crippen molar-refractivity contribution in [2.24, 2.45) is 0 Å². The largest absolute Gasteiger partial charge is 0.505 e. The molecule has 12 heteroatoms. The number of Topliss-reactive ketones (excluding diaryl/α,β-unsaturated/α-hetero) is 1. The van der Waals surface area contributed by atoms with Gasteiger partial charge in [-0.15, -0.1) is 0 Å². The number of amides is 1. The van der Waals surface area contributed by atoms with Crippen molar-refractivity contribution >= 4 is 45.5 Å². The monoisotopic (exact) mass is 576 g/mol. The third-order valence-corrected chi connectivity index (χ3v) is 7.94. The van der Waals surface area contributed by atoms with Crippen LogP contribution in [0.1, 0.15) is 57.8 Å². The molecule has 41 heavy (non-hydrogen) atoms. The average Bonchev–Trinajstić information content (AvgIpc) is 3.57. The summed E-state index contributed by atoms with van der Waals surface area (Å²) in [6.07, 6.45) is 1.79. The predicted octanol–water partition coefficient (Wildman–Crippen LogP) is 4.62. The van der Waals surface area contributed by atoms with E-state index in [1.807, 2.05) is 19.1 Å². The molecule has 3 aromatic heterocycles. The molecule has 0 aliphatic carbocycles. The molecule has 1 atom stereocenters. The zero-order valence-electron chi connectivity index (χ0n) is 23.1. The molecule has 4 heterocycles. The minimum Gasteiger partial charge on any atom is -0.505 e. The van der Waals surface area contributed by atoms with E-state index >= 15 is 0 Å². The van der Waals surface area contributed by atoms with Gasteiger partial charge in [0.05, 0.1) is 36.2 Å². The number of phenolic OH excluding ortho intramolecular Hbond substituents is 1. The molecule has 4 aromatic rings. The van der Waals surface area contributed by atoms with Crippen LogP contribution in [-0.2, 0) is 14.3 Å². The van der Waals surface area contributed by atoms with Crippen molar-refractivity contribution in [3.8, 4) is 11.5 Å². The van der Waals surface area contributed by atoms with Crippen molar-refractivity contribution in [1.82, 2.24) is 14.4 Å². The number of benzene rings is 1. The number of phenols is 1. The fourth-order valence-corrected chi connectivity index (χ4v) is 5.85. The highest BCUT2D eigenvalue weighted by atomic mass is 32.1. The molecule has 0 spiro atoms. The lowest BCUT2D eigenvalue weighted by molar-refractivity contribution is -0.132. The van der Waals surface area contributed by atoms with Crippen LogP contribution in [-0.4, -0.2) is 55.5 Å². The van der Waals surface area contributed by atoms with Gasteiger partial charge in [-0.1, -0.05) is 23.5 Å². The zero-order valence-corrected chi connectivity index (χ0v) is 23.9. The number of aliphatic hydroxyl groups is 1. The van der Waals surface area contributed by atoms with E-state index in [0.717, 1.165) is 21.8 Å². The molecule has 11 nitrogen and oxygen atoms in total. The van der Waals surface area contributed by atoms with Gasteiger partial charge in [0.1, 0.15) is 16.2 Å². The van der Waals surface area contributed by atoms with Crippen molar-refractivity contribution < 1.29 is 34.1 Å². The minimum absolute atomic E-state index is 0.0744. The van der Waals surface area contributed by atoms with E-state index in [1.54, 1.807) is 38.3 Å². The number of pyridine rings is 1. The Hall–Kier alpha value is -4.71. The Morgan fingerprint density at radius 1 is 1.10 bits per heavy atom. The fraction of sp³-hybridized carbons (Fsp3) is 0.276. The number of fused-ring (bicyclic) bond motifs is 1. The van der Waals surface area contributed by atoms with Crippen LogP contribution in [0, 0.1) is 20.8 Å². The molecule has 2 N–H and O–H groups in total. The number of aryl methyl sites for hydroxylation is 3. The number of esters is 1. The van der Waals surface area contributed by atoms with Gasteiger partial charge in [-0.2, -0.15) is 0 Å². The van der Waals surface area contributed by atoms with Crippen molar-refractivity contribution in [3.63, 3.8) is 0 Å². The number of carbonyl (C=O) groups excluding carboxylic acids is 3. The Bertz CT molecular complexity index is 1750. The molecular weight excluding hydrogens is 548 g/mol. The highest BCUT2D eigenvalue weighted by Gasteiger charge is 2.49. The summed E-state index contributed by atoms with van der Waals surface area (Å²) in [5, 5.41) is 22.1. The van der Waals surface area contributed by atoms with Crippen LogP contribution < -0.4 is 9.64 Å². The Labute approximate surface area is 239 Å². The van der Waals surface area contributed by atoms with Crippen LogP contribution in [0.5, 0.6) is 11.5 Å². The van der Waals surface area contributed by atoms with Crippen LogP contribution in [0.15, 0.2) is 42.1 Å². The molecule has 1 aliphatic heterocycles. The summed E-state index contributed by atoms with van der Waals surface area (Å²) in [4.78, 5) is 50.2. The highest BCUT2D eigenvalue weighted by Crippen LogP contribution is 2.45. The summed E-state index contributed by atoms with van der Waals surface area (Å²) in [6, 6.07) is 6.97. The third kappa shape index (κ3) is 4.59. The van der Waals surface area contributed by atoms with Gasteiger partial charge < -0.3 is 24.1 Å². The minimum atomic E-state index is -1.17. The number of thiazole rings is 1. The van der Waals surface area contributed by atoms with E-state index in [0.29, 0.717) is 22.6 Å². The first-order chi connectivity index (χ1) is 19.6. The van der Waals surface area contributed by atoms with Crippen molar-refractivity contribution in [2.45, 2.75) is 40.7 Å². The number of hydrogen-bond donors (Lipinski definition) is 2. The summed E-state index contributed by atoms with van der Waals surface area (Å²) in [5.74, 6) is -2.93. The summed E-state index contributed by atoms with van der Waals surface area (Å²) in [5.41, 5.74) is 2.66. The lowest BCUT2D eigenvalue weighted by Gasteiger charge is -2.23. The van der Waals surface area contributed by atoms with Crippen LogP contribution >= 0.6 is 11.3 Å². The van der Waals surface area contributed by atoms with Crippen molar-refractivity contribution in [3.05, 3.63) is 75.2 Å². The molecule has 0 saturated carbocycles. The van der Waals surface area contributed by atoms with Gasteiger partial charge in [0.2, 0.25) is 0 Å². The number of ketones is 1. The maximum atomic E-state index is 13.6. The third-order valence-electron chi connectivity index (χ3n) is 6.80. The Kier molecular flexibility index (Phi) is 7.26. The number of aliphatic hydroxyl groups excluding tert-OH is 1. The lowest BCUT2D eigenvalue weighted by Crippen LogP contribution is -2.29. The van der Waals surface area contributed by atoms with E-state index in [-0.39, 0.29) is 46.0 Å². The highest BCUT2D eigenvalue weighted by molar-refractivity contribution is 7.17. The van der Waals surface area contributed by atoms with Crippen molar-refractivity contribution in [2.75, 3.05) is 18.1 Å². The standard InChI is InChI=1S/C29H28N4O7S/c1-6-39-19-13-17(10-11-18(19)34)22-20(23(35)21-16(5)32-12-8-9-14(3)26(32)31-21)24(36)27(37)33(22)29-30-15(4)25(41-29)28(38)40-7-2/h8-13,22,34-35H,6-7H2,1-5H3. The molecule has 0 bridgehead atoms. The summed E-state index contributed by atoms with van der Waals surface area (Å²) >= 11 is 0.908. The normalized spacial score (nSPS) is 16.5. The maximum absolute atomic E-state index is 13.6. The number of carbonyl (C=O) groups is 3. The van der Waals surface area contributed by atoms with E-state index in [4.69, 9.17) is 9.47 Å². The van der Waals surface area contributed by atoms with Gasteiger partial charge in [0, 0.05) is 6.20 Å². The predicted molar refractivity (Wildman–Crippen MR) is 152 cm³/mol. The molecule has 1 amide bonds. The van der Waals surface area contributed by atoms with Gasteiger partial charge in [0.25, 0.3) is 5.78 Å². The van der Waals surface area contributed by atoms with Crippen LogP contribution in [0.2, 0.25) is 0 Å². The van der Waals surface area contributed by atoms with Crippen LogP contribution in [0.25, 0.3) is 11.4 Å². The number of anilines is 1. The number of imidazole rings is 1. The second-order valence-electron chi connectivity index (χ2n) is 9.39. The van der Waals surface area contributed by atoms with E-state index in [1.165, 1.54) is 18.2 Å². The Balaban J connectivity index is 1.75. The second kappa shape index (κ2) is 10.7. The molecule has 1 saturated heterocycles. The van der Waals surface area contributed by atoms with Gasteiger partial charge in [-0.05, 0) is 63.9 Å². The average molecular weight is 577 g/mol. The number of rotatable bonds is 7. The van der Waals surface area contributed by atoms with Gasteiger partial charge in [0.15, 0.2) is 22.4 Å². The van der Waals surface area contributed by atoms with Crippen LogP contribution in [0.3, 0.4) is 0 Å². The van der Waals surface area contributed by atoms with Crippen molar-refractivity contribution in [1.29, 1.82) is 0 Å². The number of nitrogens with zero attached hydrogens (tertiary/aromatic N) is 4. The molecule has 5 rings (SSSR count). The van der Waals surface area contributed by atoms with E-state index < -0.39 is 29.5 Å². The number of aromatic hydroxyl groups is 1. The quantitative estimate of drug-likeness (QED) is 0.139. The van der Waals surface area contributed by atoms with E-state index in [9.17, 15) is 24.6 Å². The Morgan fingerprint density at radius 3 is 2.54 bits per heavy atom. The second-order valence-corrected chi connectivity index (χ2v) is 10.4. The summed E-state index contributed by atoms with van der Waals surface area (Å²) < 4.78 is 12.5. The molecule has 0 radical (unpaired) electrons. The SMILES string of the molecule is CCOC(=O)c1sc(N2C(=O)C(=O)C(=C(O)c3nc4c(C)cccn4c3C)C2c2ccc(O)c(OCC)c2)nc1C. The first kappa shape index (κ1) is 27.8. The fourth-order valence-electron chi connectivity index (χ4n) is 4.86. The molecule has 212 valence electrons. The van der Waals surface area contributed by atoms with Gasteiger partial charge in [-0.3, -0.25) is 14.5 Å². The summed E-state index contributed by atoms with van der Waals surface area (Å²) in [6.45, 7) is 9.07. The maximum Gasteiger partial charge on any atom is 0.350 e. The van der Waals surface area contributed by atoms with E-state index in [2.05, 4.69) is 9.97 Å². The van der Waals surface area contributed by atoms with Gasteiger partial charge in [-0.25, -0.2) is 14.8 Å². The number of aromatic nitrogens is 3. The lowest BCUT2D eigenvalue weighted by atomic mass is 9.96.